The van der Waals surface area contributed by atoms with Gasteiger partial charge in [0.25, 0.3) is 0 Å². The summed E-state index contributed by atoms with van der Waals surface area (Å²) in [5, 5.41) is 11.2. The number of rotatable bonds is 4. The minimum Gasteiger partial charge on any atom is -0.339 e. The molecule has 1 heterocycles. The third-order valence-corrected chi connectivity index (χ3v) is 3.22. The molecule has 0 spiro atoms. The Bertz CT molecular complexity index is 783. The van der Waals surface area contributed by atoms with Gasteiger partial charge >= 0.3 is 0 Å². The van der Waals surface area contributed by atoms with Crippen LogP contribution < -0.4 is 5.32 Å². The van der Waals surface area contributed by atoms with Crippen molar-refractivity contribution < 1.29 is 0 Å². The summed E-state index contributed by atoms with van der Waals surface area (Å²) in [6.45, 7) is 9.54. The molecule has 2 rings (SSSR count). The molecule has 0 aliphatic carbocycles. The highest BCUT2D eigenvalue weighted by Gasteiger charge is 2.10. The van der Waals surface area contributed by atoms with Gasteiger partial charge < -0.3 is 10.7 Å². The van der Waals surface area contributed by atoms with Crippen molar-refractivity contribution in [3.05, 3.63) is 53.0 Å². The SMILES string of the molecule is C#C/C=C\c1nc(C)nc(Nc2ccccc2C(C)=N)c1C.CC. The molecule has 2 N–H and O–H groups in total. The monoisotopic (exact) mass is 320 g/mol. The van der Waals surface area contributed by atoms with Crippen molar-refractivity contribution in [1.29, 1.82) is 5.41 Å². The van der Waals surface area contributed by atoms with Gasteiger partial charge in [0.05, 0.1) is 5.69 Å². The lowest BCUT2D eigenvalue weighted by Gasteiger charge is -2.14. The summed E-state index contributed by atoms with van der Waals surface area (Å²) in [5.41, 5.74) is 3.90. The van der Waals surface area contributed by atoms with E-state index in [4.69, 9.17) is 11.8 Å². The maximum atomic E-state index is 7.87. The normalized spacial score (nSPS) is 9.83. The Labute approximate surface area is 144 Å². The summed E-state index contributed by atoms with van der Waals surface area (Å²) < 4.78 is 0. The Morgan fingerprint density at radius 3 is 2.50 bits per heavy atom. The van der Waals surface area contributed by atoms with Crippen LogP contribution in [0, 0.1) is 31.6 Å². The molecule has 0 atom stereocenters. The molecular weight excluding hydrogens is 296 g/mol. The number of hydrogen-bond donors (Lipinski definition) is 2. The first-order valence-electron chi connectivity index (χ1n) is 7.92. The zero-order valence-corrected chi connectivity index (χ0v) is 14.9. The third kappa shape index (κ3) is 4.79. The molecule has 0 radical (unpaired) electrons. The first-order chi connectivity index (χ1) is 11.5. The standard InChI is InChI=1S/C18H18N4.C2H6/c1-5-6-10-16-12(2)18(21-14(4)20-16)22-17-11-8-7-9-15(17)13(3)19;1-2/h1,6-11,19H,2-4H3,(H,20,21,22);1-2H3/b10-6-,19-13?;. The van der Waals surface area contributed by atoms with E-state index < -0.39 is 0 Å². The highest BCUT2D eigenvalue weighted by Crippen LogP contribution is 2.24. The smallest absolute Gasteiger partial charge is 0.137 e. The number of para-hydroxylation sites is 1. The highest BCUT2D eigenvalue weighted by molar-refractivity contribution is 6.01. The van der Waals surface area contributed by atoms with Gasteiger partial charge in [-0.25, -0.2) is 9.97 Å². The van der Waals surface area contributed by atoms with Crippen LogP contribution in [0.1, 0.15) is 43.4 Å². The molecule has 2 aromatic rings. The average Bonchev–Trinajstić information content (AvgIpc) is 2.58. The van der Waals surface area contributed by atoms with E-state index in [0.29, 0.717) is 11.5 Å². The Hall–Kier alpha value is -2.93. The fourth-order valence-corrected chi connectivity index (χ4v) is 2.11. The van der Waals surface area contributed by atoms with Crippen LogP contribution in [0.4, 0.5) is 11.5 Å². The summed E-state index contributed by atoms with van der Waals surface area (Å²) in [6.07, 6.45) is 8.67. The van der Waals surface area contributed by atoms with E-state index in [9.17, 15) is 0 Å². The van der Waals surface area contributed by atoms with Crippen molar-refractivity contribution in [2.75, 3.05) is 5.32 Å². The van der Waals surface area contributed by atoms with Gasteiger partial charge in [-0.3, -0.25) is 0 Å². The van der Waals surface area contributed by atoms with Gasteiger partial charge in [0.2, 0.25) is 0 Å². The van der Waals surface area contributed by atoms with Gasteiger partial charge in [-0.1, -0.05) is 38.0 Å². The van der Waals surface area contributed by atoms with Crippen LogP contribution in [0.25, 0.3) is 6.08 Å². The lowest BCUT2D eigenvalue weighted by Crippen LogP contribution is -2.06. The number of aryl methyl sites for hydroxylation is 1. The number of allylic oxidation sites excluding steroid dienone is 1. The van der Waals surface area contributed by atoms with Gasteiger partial charge in [-0.2, -0.15) is 0 Å². The lowest BCUT2D eigenvalue weighted by molar-refractivity contribution is 1.02. The summed E-state index contributed by atoms with van der Waals surface area (Å²) in [5.74, 6) is 3.85. The summed E-state index contributed by atoms with van der Waals surface area (Å²) in [7, 11) is 0. The van der Waals surface area contributed by atoms with Crippen LogP contribution in [-0.2, 0) is 0 Å². The summed E-state index contributed by atoms with van der Waals surface area (Å²) >= 11 is 0. The lowest BCUT2D eigenvalue weighted by atomic mass is 10.1. The van der Waals surface area contributed by atoms with Crippen molar-refractivity contribution in [1.82, 2.24) is 9.97 Å². The van der Waals surface area contributed by atoms with Crippen LogP contribution in [-0.4, -0.2) is 15.7 Å². The van der Waals surface area contributed by atoms with Crippen LogP contribution in [0.2, 0.25) is 0 Å². The largest absolute Gasteiger partial charge is 0.339 e. The number of nitrogens with one attached hydrogen (secondary N) is 2. The maximum Gasteiger partial charge on any atom is 0.137 e. The molecule has 4 nitrogen and oxygen atoms in total. The van der Waals surface area contributed by atoms with Crippen LogP contribution in [0.5, 0.6) is 0 Å². The molecule has 0 saturated carbocycles. The number of hydrogen-bond acceptors (Lipinski definition) is 4. The molecule has 0 unspecified atom stereocenters. The molecule has 24 heavy (non-hydrogen) atoms. The molecule has 0 saturated heterocycles. The van der Waals surface area contributed by atoms with Crippen LogP contribution in [0.15, 0.2) is 30.3 Å². The van der Waals surface area contributed by atoms with Gasteiger partial charge in [0, 0.05) is 22.5 Å². The van der Waals surface area contributed by atoms with Gasteiger partial charge in [0.15, 0.2) is 0 Å². The molecule has 1 aromatic heterocycles. The van der Waals surface area contributed by atoms with Crippen molar-refractivity contribution in [2.24, 2.45) is 0 Å². The first-order valence-corrected chi connectivity index (χ1v) is 7.92. The maximum absolute atomic E-state index is 7.87. The van der Waals surface area contributed by atoms with Gasteiger partial charge in [-0.15, -0.1) is 6.42 Å². The fraction of sp³-hybridized carbons (Fsp3) is 0.250. The number of anilines is 2. The molecule has 0 amide bonds. The topological polar surface area (TPSA) is 61.7 Å². The minimum atomic E-state index is 0.499. The molecular formula is C20H24N4. The molecule has 124 valence electrons. The quantitative estimate of drug-likeness (QED) is 0.622. The summed E-state index contributed by atoms with van der Waals surface area (Å²) in [6, 6.07) is 7.68. The summed E-state index contributed by atoms with van der Waals surface area (Å²) in [4.78, 5) is 8.85. The Morgan fingerprint density at radius 1 is 1.21 bits per heavy atom. The second kappa shape index (κ2) is 9.26. The van der Waals surface area contributed by atoms with E-state index in [1.54, 1.807) is 19.1 Å². The van der Waals surface area contributed by atoms with E-state index in [-0.39, 0.29) is 0 Å². The molecule has 1 aromatic carbocycles. The van der Waals surface area contributed by atoms with E-state index in [2.05, 4.69) is 21.2 Å². The Kier molecular flexibility index (Phi) is 7.38. The van der Waals surface area contributed by atoms with E-state index >= 15 is 0 Å². The molecule has 0 fully saturated rings. The van der Waals surface area contributed by atoms with Crippen molar-refractivity contribution >= 4 is 23.3 Å². The van der Waals surface area contributed by atoms with Crippen molar-refractivity contribution in [2.45, 2.75) is 34.6 Å². The minimum absolute atomic E-state index is 0.499. The second-order valence-electron chi connectivity index (χ2n) is 4.93. The Morgan fingerprint density at radius 2 is 1.88 bits per heavy atom. The molecule has 4 heteroatoms. The van der Waals surface area contributed by atoms with Crippen LogP contribution in [0.3, 0.4) is 0 Å². The van der Waals surface area contributed by atoms with Gasteiger partial charge in [-0.05, 0) is 39.0 Å². The molecule has 0 aliphatic heterocycles. The predicted octanol–water partition coefficient (Wildman–Crippen LogP) is 4.90. The number of terminal acetylenes is 1. The third-order valence-electron chi connectivity index (χ3n) is 3.22. The van der Waals surface area contributed by atoms with E-state index in [0.717, 1.165) is 28.3 Å². The van der Waals surface area contributed by atoms with Gasteiger partial charge in [0.1, 0.15) is 11.6 Å². The number of aromatic nitrogens is 2. The van der Waals surface area contributed by atoms with Crippen LogP contribution >= 0.6 is 0 Å². The highest BCUT2D eigenvalue weighted by atomic mass is 15.0. The Balaban J connectivity index is 0.00000139. The zero-order valence-electron chi connectivity index (χ0n) is 14.9. The number of benzene rings is 1. The zero-order chi connectivity index (χ0) is 18.1. The average molecular weight is 320 g/mol. The predicted molar refractivity (Wildman–Crippen MR) is 103 cm³/mol. The van der Waals surface area contributed by atoms with E-state index in [1.165, 1.54) is 0 Å². The molecule has 0 bridgehead atoms. The van der Waals surface area contributed by atoms with Crippen molar-refractivity contribution in [3.63, 3.8) is 0 Å². The van der Waals surface area contributed by atoms with E-state index in [1.807, 2.05) is 52.0 Å². The first kappa shape index (κ1) is 19.1. The second-order valence-corrected chi connectivity index (χ2v) is 4.93. The number of nitrogens with zero attached hydrogens (tertiary/aromatic N) is 2. The fourth-order valence-electron chi connectivity index (χ4n) is 2.11. The van der Waals surface area contributed by atoms with Crippen molar-refractivity contribution in [3.8, 4) is 12.3 Å². The molecule has 0 aliphatic rings.